The molecule has 3 nitrogen and oxygen atoms in total. The van der Waals surface area contributed by atoms with Crippen molar-refractivity contribution >= 4 is 23.7 Å². The highest BCUT2D eigenvalue weighted by Gasteiger charge is 2.23. The Morgan fingerprint density at radius 1 is 1.62 bits per heavy atom. The zero-order valence-corrected chi connectivity index (χ0v) is 11.5. The number of hydrogen-bond acceptors (Lipinski definition) is 4. The maximum atomic E-state index is 4.39. The smallest absolute Gasteiger partial charge is 0.109 e. The van der Waals surface area contributed by atoms with Crippen molar-refractivity contribution in [3.63, 3.8) is 0 Å². The molecule has 0 aromatic carbocycles. The van der Waals surface area contributed by atoms with Crippen LogP contribution >= 0.6 is 23.7 Å². The minimum Gasteiger partial charge on any atom is -0.315 e. The summed E-state index contributed by atoms with van der Waals surface area (Å²) in [4.78, 5) is 6.84. The third-order valence-corrected chi connectivity index (χ3v) is 4.21. The van der Waals surface area contributed by atoms with Crippen LogP contribution in [0, 0.1) is 0 Å². The summed E-state index contributed by atoms with van der Waals surface area (Å²) in [5, 5.41) is 6.74. The van der Waals surface area contributed by atoms with E-state index in [9.17, 15) is 0 Å². The highest BCUT2D eigenvalue weighted by molar-refractivity contribution is 7.09. The van der Waals surface area contributed by atoms with Gasteiger partial charge in [0.25, 0.3) is 0 Å². The third kappa shape index (κ3) is 3.17. The van der Waals surface area contributed by atoms with Gasteiger partial charge in [-0.15, -0.1) is 23.7 Å². The molecule has 1 aliphatic heterocycles. The number of aromatic nitrogens is 1. The van der Waals surface area contributed by atoms with Gasteiger partial charge in [0.2, 0.25) is 0 Å². The molecule has 1 fully saturated rings. The van der Waals surface area contributed by atoms with Gasteiger partial charge in [-0.3, -0.25) is 4.90 Å². The Morgan fingerprint density at radius 2 is 2.44 bits per heavy atom. The maximum absolute atomic E-state index is 4.39. The minimum absolute atomic E-state index is 0. The Hall–Kier alpha value is -0.160. The van der Waals surface area contributed by atoms with Gasteiger partial charge in [0.1, 0.15) is 5.01 Å². The van der Waals surface area contributed by atoms with Crippen LogP contribution in [-0.2, 0) is 0 Å². The van der Waals surface area contributed by atoms with Crippen molar-refractivity contribution in [1.82, 2.24) is 15.2 Å². The van der Waals surface area contributed by atoms with Gasteiger partial charge < -0.3 is 5.32 Å². The molecular formula is C11H20ClN3S. The number of nitrogens with one attached hydrogen (secondary N) is 1. The van der Waals surface area contributed by atoms with Gasteiger partial charge >= 0.3 is 0 Å². The van der Waals surface area contributed by atoms with E-state index < -0.39 is 0 Å². The van der Waals surface area contributed by atoms with Gasteiger partial charge in [0.05, 0.1) is 6.04 Å². The normalized spacial score (nSPS) is 22.8. The first-order chi connectivity index (χ1) is 7.29. The molecule has 0 amide bonds. The van der Waals surface area contributed by atoms with Gasteiger partial charge in [-0.25, -0.2) is 4.98 Å². The lowest BCUT2D eigenvalue weighted by Crippen LogP contribution is -2.45. The molecule has 0 spiro atoms. The molecule has 2 heterocycles. The van der Waals surface area contributed by atoms with Crippen molar-refractivity contribution in [3.05, 3.63) is 16.6 Å². The molecule has 2 rings (SSSR count). The fraction of sp³-hybridized carbons (Fsp3) is 0.727. The molecule has 1 N–H and O–H groups in total. The average Bonchev–Trinajstić information content (AvgIpc) is 2.82. The number of thiazole rings is 1. The Labute approximate surface area is 108 Å². The molecule has 1 saturated heterocycles. The molecule has 1 aliphatic rings. The van der Waals surface area contributed by atoms with Crippen LogP contribution in [0.15, 0.2) is 11.6 Å². The van der Waals surface area contributed by atoms with Crippen molar-refractivity contribution in [2.45, 2.75) is 31.8 Å². The number of rotatable bonds is 3. The van der Waals surface area contributed by atoms with Crippen LogP contribution in [0.1, 0.15) is 30.8 Å². The molecule has 0 saturated carbocycles. The van der Waals surface area contributed by atoms with E-state index in [4.69, 9.17) is 0 Å². The monoisotopic (exact) mass is 261 g/mol. The van der Waals surface area contributed by atoms with E-state index in [1.807, 2.05) is 6.20 Å². The predicted molar refractivity (Wildman–Crippen MR) is 71.4 cm³/mol. The summed E-state index contributed by atoms with van der Waals surface area (Å²) in [6.45, 7) is 4.54. The fourth-order valence-corrected chi connectivity index (χ4v) is 2.86. The van der Waals surface area contributed by atoms with Gasteiger partial charge in [-0.1, -0.05) is 0 Å². The maximum Gasteiger partial charge on any atom is 0.109 e. The molecule has 1 unspecified atom stereocenters. The highest BCUT2D eigenvalue weighted by atomic mass is 35.5. The molecule has 2 atom stereocenters. The number of hydrogen-bond donors (Lipinski definition) is 1. The summed E-state index contributed by atoms with van der Waals surface area (Å²) in [6.07, 6.45) is 4.49. The first-order valence-electron chi connectivity index (χ1n) is 5.61. The summed E-state index contributed by atoms with van der Waals surface area (Å²) < 4.78 is 0. The molecule has 0 bridgehead atoms. The molecule has 0 radical (unpaired) electrons. The second-order valence-corrected chi connectivity index (χ2v) is 5.14. The predicted octanol–water partition coefficient (Wildman–Crippen LogP) is 2.31. The quantitative estimate of drug-likeness (QED) is 0.905. The van der Waals surface area contributed by atoms with Crippen LogP contribution < -0.4 is 5.32 Å². The van der Waals surface area contributed by atoms with Crippen molar-refractivity contribution in [2.24, 2.45) is 0 Å². The van der Waals surface area contributed by atoms with E-state index >= 15 is 0 Å². The molecule has 1 aromatic rings. The van der Waals surface area contributed by atoms with Gasteiger partial charge in [-0.2, -0.15) is 0 Å². The third-order valence-electron chi connectivity index (χ3n) is 3.27. The van der Waals surface area contributed by atoms with Crippen molar-refractivity contribution in [1.29, 1.82) is 0 Å². The van der Waals surface area contributed by atoms with E-state index in [1.165, 1.54) is 24.4 Å². The summed E-state index contributed by atoms with van der Waals surface area (Å²) in [7, 11) is 2.21. The van der Waals surface area contributed by atoms with Gasteiger partial charge in [0, 0.05) is 24.2 Å². The lowest BCUT2D eigenvalue weighted by atomic mass is 10.1. The second-order valence-electron chi connectivity index (χ2n) is 4.21. The molecule has 1 aromatic heterocycles. The van der Waals surface area contributed by atoms with Crippen LogP contribution in [0.2, 0.25) is 0 Å². The number of halogens is 1. The van der Waals surface area contributed by atoms with Crippen molar-refractivity contribution in [3.8, 4) is 0 Å². The van der Waals surface area contributed by atoms with Crippen LogP contribution in [0.3, 0.4) is 0 Å². The molecule has 5 heteroatoms. The summed E-state index contributed by atoms with van der Waals surface area (Å²) >= 11 is 1.75. The second kappa shape index (κ2) is 6.55. The van der Waals surface area contributed by atoms with Gasteiger partial charge in [0.15, 0.2) is 0 Å². The van der Waals surface area contributed by atoms with Crippen LogP contribution in [0.25, 0.3) is 0 Å². The van der Waals surface area contributed by atoms with E-state index in [0.29, 0.717) is 12.1 Å². The summed E-state index contributed by atoms with van der Waals surface area (Å²) in [5.74, 6) is 0. The Kier molecular flexibility index (Phi) is 5.69. The number of likely N-dealkylation sites (N-methyl/N-ethyl adjacent to an activating group) is 1. The van der Waals surface area contributed by atoms with E-state index in [0.717, 1.165) is 6.54 Å². The SMILES string of the molecule is CC(c1nccs1)N(C)[C@H]1CCCNC1.Cl. The molecule has 16 heavy (non-hydrogen) atoms. The summed E-state index contributed by atoms with van der Waals surface area (Å²) in [5.41, 5.74) is 0. The van der Waals surface area contributed by atoms with E-state index in [-0.39, 0.29) is 12.4 Å². The largest absolute Gasteiger partial charge is 0.315 e. The lowest BCUT2D eigenvalue weighted by Gasteiger charge is -2.35. The molecule has 92 valence electrons. The average molecular weight is 262 g/mol. The lowest BCUT2D eigenvalue weighted by molar-refractivity contribution is 0.156. The van der Waals surface area contributed by atoms with Crippen LogP contribution in [0.4, 0.5) is 0 Å². The van der Waals surface area contributed by atoms with Crippen LogP contribution in [-0.4, -0.2) is 36.1 Å². The Balaban J connectivity index is 0.00000128. The first kappa shape index (κ1) is 13.9. The highest BCUT2D eigenvalue weighted by Crippen LogP contribution is 2.24. The minimum atomic E-state index is 0. The van der Waals surface area contributed by atoms with Crippen LogP contribution in [0.5, 0.6) is 0 Å². The van der Waals surface area contributed by atoms with Gasteiger partial charge in [-0.05, 0) is 33.4 Å². The van der Waals surface area contributed by atoms with E-state index in [1.54, 1.807) is 11.3 Å². The number of nitrogens with zero attached hydrogens (tertiary/aromatic N) is 2. The Morgan fingerprint density at radius 3 is 3.00 bits per heavy atom. The Bertz CT molecular complexity index is 285. The zero-order valence-electron chi connectivity index (χ0n) is 9.85. The fourth-order valence-electron chi connectivity index (χ4n) is 2.11. The zero-order chi connectivity index (χ0) is 10.7. The van der Waals surface area contributed by atoms with Crippen molar-refractivity contribution < 1.29 is 0 Å². The van der Waals surface area contributed by atoms with E-state index in [2.05, 4.69) is 34.6 Å². The standard InChI is InChI=1S/C11H19N3S.ClH/c1-9(11-13-6-7-15-11)14(2)10-4-3-5-12-8-10;/h6-7,9-10,12H,3-5,8H2,1-2H3;1H/t9?,10-;/m0./s1. The van der Waals surface area contributed by atoms with Crippen molar-refractivity contribution in [2.75, 3.05) is 20.1 Å². The molecular weight excluding hydrogens is 242 g/mol. The first-order valence-corrected chi connectivity index (χ1v) is 6.49. The summed E-state index contributed by atoms with van der Waals surface area (Å²) in [6, 6.07) is 1.10. The topological polar surface area (TPSA) is 28.2 Å². The molecule has 0 aliphatic carbocycles. The number of piperidine rings is 1.